The molecule has 1 heterocycles. The summed E-state index contributed by atoms with van der Waals surface area (Å²) in [5.41, 5.74) is 0.794. The molecule has 0 aliphatic heterocycles. The van der Waals surface area contributed by atoms with Gasteiger partial charge in [-0.05, 0) is 50.8 Å². The number of rotatable bonds is 7. The third-order valence-electron chi connectivity index (χ3n) is 5.45. The summed E-state index contributed by atoms with van der Waals surface area (Å²) in [5.74, 6) is 1.55. The van der Waals surface area contributed by atoms with Crippen molar-refractivity contribution in [1.29, 1.82) is 0 Å². The molecule has 8 nitrogen and oxygen atoms in total. The molecule has 0 spiro atoms. The maximum Gasteiger partial charge on any atom is 0.197 e. The Labute approximate surface area is 184 Å². The second-order valence-corrected chi connectivity index (χ2v) is 7.80. The summed E-state index contributed by atoms with van der Waals surface area (Å²) in [7, 11) is 1.58. The molecule has 0 saturated heterocycles. The molecule has 0 bridgehead atoms. The van der Waals surface area contributed by atoms with Gasteiger partial charge in [-0.15, -0.1) is 0 Å². The summed E-state index contributed by atoms with van der Waals surface area (Å²) >= 11 is 0. The van der Waals surface area contributed by atoms with Gasteiger partial charge in [-0.1, -0.05) is 5.16 Å². The SMILES string of the molecule is COc1ccc(-c2cc(=O)c3c(O)cc(OCC(C)=NO)cc3o2)cc1OC1CCCC1. The van der Waals surface area contributed by atoms with E-state index < -0.39 is 0 Å². The Hall–Kier alpha value is -3.68. The van der Waals surface area contributed by atoms with Crippen LogP contribution in [0, 0.1) is 0 Å². The molecule has 168 valence electrons. The van der Waals surface area contributed by atoms with Crippen LogP contribution in [0.25, 0.3) is 22.3 Å². The van der Waals surface area contributed by atoms with Crippen LogP contribution in [0.5, 0.6) is 23.0 Å². The second-order valence-electron chi connectivity index (χ2n) is 7.80. The van der Waals surface area contributed by atoms with Crippen molar-refractivity contribution in [3.63, 3.8) is 0 Å². The van der Waals surface area contributed by atoms with Gasteiger partial charge in [0.05, 0.1) is 18.9 Å². The van der Waals surface area contributed by atoms with Gasteiger partial charge >= 0.3 is 0 Å². The number of hydrogen-bond donors (Lipinski definition) is 2. The third kappa shape index (κ3) is 4.49. The molecule has 2 aromatic carbocycles. The van der Waals surface area contributed by atoms with E-state index in [9.17, 15) is 9.90 Å². The van der Waals surface area contributed by atoms with Crippen LogP contribution in [0.4, 0.5) is 0 Å². The zero-order valence-corrected chi connectivity index (χ0v) is 18.0. The summed E-state index contributed by atoms with van der Waals surface area (Å²) in [5, 5.41) is 22.2. The van der Waals surface area contributed by atoms with Crippen LogP contribution >= 0.6 is 0 Å². The molecule has 0 unspecified atom stereocenters. The lowest BCUT2D eigenvalue weighted by Gasteiger charge is -2.17. The number of ether oxygens (including phenoxy) is 3. The van der Waals surface area contributed by atoms with Gasteiger partial charge in [0.15, 0.2) is 16.9 Å². The maximum atomic E-state index is 12.7. The first kappa shape index (κ1) is 21.5. The smallest absolute Gasteiger partial charge is 0.197 e. The van der Waals surface area contributed by atoms with E-state index >= 15 is 0 Å². The van der Waals surface area contributed by atoms with Crippen LogP contribution < -0.4 is 19.6 Å². The average Bonchev–Trinajstić information content (AvgIpc) is 3.30. The van der Waals surface area contributed by atoms with E-state index in [1.807, 2.05) is 0 Å². The zero-order valence-electron chi connectivity index (χ0n) is 18.0. The minimum atomic E-state index is -0.382. The molecule has 0 atom stereocenters. The number of aromatic hydroxyl groups is 1. The molecular weight excluding hydrogens is 414 g/mol. The van der Waals surface area contributed by atoms with Crippen molar-refractivity contribution in [1.82, 2.24) is 0 Å². The van der Waals surface area contributed by atoms with Gasteiger partial charge < -0.3 is 28.9 Å². The number of benzene rings is 2. The average molecular weight is 439 g/mol. The highest BCUT2D eigenvalue weighted by Gasteiger charge is 2.20. The third-order valence-corrected chi connectivity index (χ3v) is 5.45. The van der Waals surface area contributed by atoms with Gasteiger partial charge in [-0.25, -0.2) is 0 Å². The number of methoxy groups -OCH3 is 1. The van der Waals surface area contributed by atoms with E-state index in [1.54, 1.807) is 32.2 Å². The summed E-state index contributed by atoms with van der Waals surface area (Å²) in [6, 6.07) is 9.53. The Morgan fingerprint density at radius 3 is 2.66 bits per heavy atom. The van der Waals surface area contributed by atoms with Crippen molar-refractivity contribution in [2.75, 3.05) is 13.7 Å². The number of fused-ring (bicyclic) bond motifs is 1. The summed E-state index contributed by atoms with van der Waals surface area (Å²) in [6.07, 6.45) is 4.43. The highest BCUT2D eigenvalue weighted by molar-refractivity contribution is 5.86. The Morgan fingerprint density at radius 2 is 1.94 bits per heavy atom. The molecule has 1 aromatic heterocycles. The van der Waals surface area contributed by atoms with Crippen LogP contribution in [0.15, 0.2) is 50.8 Å². The van der Waals surface area contributed by atoms with Crippen molar-refractivity contribution >= 4 is 16.7 Å². The first-order valence-electron chi connectivity index (χ1n) is 10.4. The number of phenols is 1. The molecule has 0 amide bonds. The Kier molecular flexibility index (Phi) is 6.20. The summed E-state index contributed by atoms with van der Waals surface area (Å²) in [4.78, 5) is 12.7. The maximum absolute atomic E-state index is 12.7. The normalized spacial score (nSPS) is 14.6. The first-order valence-corrected chi connectivity index (χ1v) is 10.4. The molecule has 1 fully saturated rings. The van der Waals surface area contributed by atoms with Crippen molar-refractivity contribution in [3.8, 4) is 34.3 Å². The number of hydrogen-bond acceptors (Lipinski definition) is 8. The molecule has 1 aliphatic carbocycles. The van der Waals surface area contributed by atoms with E-state index in [4.69, 9.17) is 23.8 Å². The van der Waals surface area contributed by atoms with Gasteiger partial charge in [-0.3, -0.25) is 4.79 Å². The number of phenolic OH excluding ortho intramolecular Hbond substituents is 1. The largest absolute Gasteiger partial charge is 0.507 e. The molecule has 32 heavy (non-hydrogen) atoms. The molecule has 8 heteroatoms. The number of oxime groups is 1. The van der Waals surface area contributed by atoms with E-state index in [0.717, 1.165) is 25.7 Å². The predicted molar refractivity (Wildman–Crippen MR) is 119 cm³/mol. The van der Waals surface area contributed by atoms with Crippen LogP contribution in [0.1, 0.15) is 32.6 Å². The van der Waals surface area contributed by atoms with E-state index in [1.165, 1.54) is 18.2 Å². The summed E-state index contributed by atoms with van der Waals surface area (Å²) < 4.78 is 23.1. The van der Waals surface area contributed by atoms with E-state index in [0.29, 0.717) is 28.5 Å². The van der Waals surface area contributed by atoms with Gasteiger partial charge in [-0.2, -0.15) is 0 Å². The lowest BCUT2D eigenvalue weighted by molar-refractivity contribution is 0.201. The van der Waals surface area contributed by atoms with Crippen LogP contribution in [0.3, 0.4) is 0 Å². The lowest BCUT2D eigenvalue weighted by Crippen LogP contribution is -2.11. The minimum absolute atomic E-state index is 0.0196. The fourth-order valence-corrected chi connectivity index (χ4v) is 3.79. The van der Waals surface area contributed by atoms with Crippen LogP contribution in [-0.2, 0) is 0 Å². The Balaban J connectivity index is 1.72. The van der Waals surface area contributed by atoms with E-state index in [2.05, 4.69) is 5.16 Å². The fourth-order valence-electron chi connectivity index (χ4n) is 3.79. The van der Waals surface area contributed by atoms with E-state index in [-0.39, 0.29) is 40.6 Å². The zero-order chi connectivity index (χ0) is 22.7. The van der Waals surface area contributed by atoms with Crippen molar-refractivity contribution in [2.45, 2.75) is 38.7 Å². The highest BCUT2D eigenvalue weighted by atomic mass is 16.5. The lowest BCUT2D eigenvalue weighted by atomic mass is 10.1. The van der Waals surface area contributed by atoms with Gasteiger partial charge in [0, 0.05) is 23.8 Å². The molecule has 0 radical (unpaired) electrons. The first-order chi connectivity index (χ1) is 15.5. The molecular formula is C24H25NO7. The van der Waals surface area contributed by atoms with Crippen molar-refractivity contribution in [2.24, 2.45) is 5.16 Å². The van der Waals surface area contributed by atoms with Crippen LogP contribution in [-0.4, -0.2) is 35.8 Å². The minimum Gasteiger partial charge on any atom is -0.507 e. The standard InChI is InChI=1S/C24H25NO7/c1-14(25-28)13-30-17-10-18(26)24-19(27)12-21(32-23(24)11-17)15-7-8-20(29-2)22(9-15)31-16-5-3-4-6-16/h7-12,16,26,28H,3-6,13H2,1-2H3. The highest BCUT2D eigenvalue weighted by Crippen LogP contribution is 2.37. The topological polar surface area (TPSA) is 111 Å². The van der Waals surface area contributed by atoms with Gasteiger partial charge in [0.1, 0.15) is 34.8 Å². The quantitative estimate of drug-likeness (QED) is 0.311. The molecule has 4 rings (SSSR count). The summed E-state index contributed by atoms with van der Waals surface area (Å²) in [6.45, 7) is 1.61. The monoisotopic (exact) mass is 439 g/mol. The molecule has 2 N–H and O–H groups in total. The fraction of sp³-hybridized carbons (Fsp3) is 0.333. The van der Waals surface area contributed by atoms with Crippen LogP contribution in [0.2, 0.25) is 0 Å². The second kappa shape index (κ2) is 9.21. The molecule has 1 saturated carbocycles. The molecule has 1 aliphatic rings. The van der Waals surface area contributed by atoms with Crippen molar-refractivity contribution < 1.29 is 28.9 Å². The predicted octanol–water partition coefficient (Wildman–Crippen LogP) is 4.72. The van der Waals surface area contributed by atoms with Gasteiger partial charge in [0.2, 0.25) is 0 Å². The Bertz CT molecular complexity index is 1210. The van der Waals surface area contributed by atoms with Gasteiger partial charge in [0.25, 0.3) is 0 Å². The molecule has 3 aromatic rings. The Morgan fingerprint density at radius 1 is 1.16 bits per heavy atom. The number of nitrogens with zero attached hydrogens (tertiary/aromatic N) is 1. The van der Waals surface area contributed by atoms with Crippen molar-refractivity contribution in [3.05, 3.63) is 46.6 Å².